The number of nitrogens with one attached hydrogen (secondary N) is 2. The number of nitrogens with zero attached hydrogens (tertiary/aromatic N) is 1. The Labute approximate surface area is 147 Å². The normalized spacial score (nSPS) is 13.4. The number of hydrogen-bond donors (Lipinski definition) is 2. The Balaban J connectivity index is 1.37. The van der Waals surface area contributed by atoms with E-state index in [1.54, 1.807) is 36.4 Å². The maximum Gasteiger partial charge on any atom is 0.364 e. The number of aromatic amines is 1. The van der Waals surface area contributed by atoms with Crippen LogP contribution in [-0.4, -0.2) is 22.1 Å². The van der Waals surface area contributed by atoms with Crippen LogP contribution in [0.25, 0.3) is 0 Å². The summed E-state index contributed by atoms with van der Waals surface area (Å²) >= 11 is 1.38. The van der Waals surface area contributed by atoms with Gasteiger partial charge in [-0.1, -0.05) is 6.07 Å². The second-order valence-corrected chi connectivity index (χ2v) is 6.78. The van der Waals surface area contributed by atoms with Gasteiger partial charge < -0.3 is 10.1 Å². The summed E-state index contributed by atoms with van der Waals surface area (Å²) in [5, 5.41) is 11.5. The van der Waals surface area contributed by atoms with Gasteiger partial charge in [0.05, 0.1) is 4.88 Å². The topological polar surface area (TPSA) is 84.1 Å². The SMILES string of the molecule is O=C(Oc1ccc(NC(=O)c2cccs2)cc1)c1cc(C2CC2)[nH]n1. The summed E-state index contributed by atoms with van der Waals surface area (Å²) < 4.78 is 5.31. The van der Waals surface area contributed by atoms with E-state index in [-0.39, 0.29) is 11.6 Å². The molecule has 1 aliphatic rings. The van der Waals surface area contributed by atoms with Crippen molar-refractivity contribution in [2.24, 2.45) is 0 Å². The first kappa shape index (κ1) is 15.6. The molecule has 0 aliphatic heterocycles. The van der Waals surface area contributed by atoms with Gasteiger partial charge in [-0.2, -0.15) is 5.10 Å². The van der Waals surface area contributed by atoms with Crippen LogP contribution in [0.4, 0.5) is 5.69 Å². The van der Waals surface area contributed by atoms with Crippen LogP contribution in [0.15, 0.2) is 47.8 Å². The van der Waals surface area contributed by atoms with E-state index in [1.807, 2.05) is 11.4 Å². The van der Waals surface area contributed by atoms with E-state index >= 15 is 0 Å². The molecule has 0 radical (unpaired) electrons. The molecule has 3 aromatic rings. The zero-order valence-electron chi connectivity index (χ0n) is 13.2. The Morgan fingerprint density at radius 1 is 1.20 bits per heavy atom. The molecule has 1 saturated carbocycles. The fraction of sp³-hybridized carbons (Fsp3) is 0.167. The number of aromatic nitrogens is 2. The first-order chi connectivity index (χ1) is 12.2. The smallest absolute Gasteiger partial charge is 0.364 e. The molecular weight excluding hydrogens is 338 g/mol. The summed E-state index contributed by atoms with van der Waals surface area (Å²) in [6.45, 7) is 0. The maximum absolute atomic E-state index is 12.1. The molecular formula is C18H15N3O3S. The van der Waals surface area contributed by atoms with Crippen molar-refractivity contribution in [1.29, 1.82) is 0 Å². The second kappa shape index (κ2) is 6.52. The Bertz CT molecular complexity index is 896. The predicted octanol–water partition coefficient (Wildman–Crippen LogP) is 3.82. The molecule has 2 heterocycles. The van der Waals surface area contributed by atoms with Gasteiger partial charge >= 0.3 is 5.97 Å². The number of benzene rings is 1. The molecule has 7 heteroatoms. The third kappa shape index (κ3) is 3.61. The number of ether oxygens (including phenoxy) is 1. The van der Waals surface area contributed by atoms with Crippen molar-refractivity contribution in [2.45, 2.75) is 18.8 Å². The van der Waals surface area contributed by atoms with Crippen LogP contribution in [0.5, 0.6) is 5.75 Å². The van der Waals surface area contributed by atoms with Crippen LogP contribution in [-0.2, 0) is 0 Å². The minimum Gasteiger partial charge on any atom is -0.422 e. The number of anilines is 1. The van der Waals surface area contributed by atoms with Crippen molar-refractivity contribution in [1.82, 2.24) is 10.2 Å². The van der Waals surface area contributed by atoms with Gasteiger partial charge in [-0.15, -0.1) is 11.3 Å². The van der Waals surface area contributed by atoms with Crippen molar-refractivity contribution in [3.8, 4) is 5.75 Å². The summed E-state index contributed by atoms with van der Waals surface area (Å²) in [4.78, 5) is 24.7. The fourth-order valence-corrected chi connectivity index (χ4v) is 3.03. The van der Waals surface area contributed by atoms with Gasteiger partial charge in [0.15, 0.2) is 5.69 Å². The largest absolute Gasteiger partial charge is 0.422 e. The van der Waals surface area contributed by atoms with Crippen LogP contribution in [0.2, 0.25) is 0 Å². The van der Waals surface area contributed by atoms with Crippen LogP contribution in [0, 0.1) is 0 Å². The lowest BCUT2D eigenvalue weighted by atomic mass is 10.2. The quantitative estimate of drug-likeness (QED) is 0.539. The van der Waals surface area contributed by atoms with E-state index in [1.165, 1.54) is 11.3 Å². The Hall–Kier alpha value is -2.93. The minimum atomic E-state index is -0.501. The van der Waals surface area contributed by atoms with Crippen molar-refractivity contribution >= 4 is 28.9 Å². The lowest BCUT2D eigenvalue weighted by Crippen LogP contribution is -2.11. The van der Waals surface area contributed by atoms with Gasteiger partial charge in [0.25, 0.3) is 5.91 Å². The fourth-order valence-electron chi connectivity index (χ4n) is 2.41. The zero-order valence-corrected chi connectivity index (χ0v) is 14.0. The van der Waals surface area contributed by atoms with E-state index in [2.05, 4.69) is 15.5 Å². The van der Waals surface area contributed by atoms with E-state index in [9.17, 15) is 9.59 Å². The molecule has 0 unspecified atom stereocenters. The molecule has 25 heavy (non-hydrogen) atoms. The number of carbonyl (C=O) groups is 2. The highest BCUT2D eigenvalue weighted by Gasteiger charge is 2.26. The third-order valence-corrected chi connectivity index (χ3v) is 4.76. The Kier molecular flexibility index (Phi) is 4.07. The molecule has 0 saturated heterocycles. The molecule has 1 aliphatic carbocycles. The summed E-state index contributed by atoms with van der Waals surface area (Å²) in [6.07, 6.45) is 2.27. The van der Waals surface area contributed by atoms with Crippen molar-refractivity contribution in [3.63, 3.8) is 0 Å². The van der Waals surface area contributed by atoms with E-state index in [4.69, 9.17) is 4.74 Å². The van der Waals surface area contributed by atoms with E-state index in [0.29, 0.717) is 22.2 Å². The number of thiophene rings is 1. The number of rotatable bonds is 5. The van der Waals surface area contributed by atoms with Gasteiger partial charge in [-0.3, -0.25) is 9.89 Å². The van der Waals surface area contributed by atoms with Gasteiger partial charge in [0, 0.05) is 17.3 Å². The van der Waals surface area contributed by atoms with Crippen LogP contribution < -0.4 is 10.1 Å². The monoisotopic (exact) mass is 353 g/mol. The summed E-state index contributed by atoms with van der Waals surface area (Å²) in [5.74, 6) is 0.234. The summed E-state index contributed by atoms with van der Waals surface area (Å²) in [6, 6.07) is 12.0. The highest BCUT2D eigenvalue weighted by atomic mass is 32.1. The molecule has 126 valence electrons. The third-order valence-electron chi connectivity index (χ3n) is 3.89. The van der Waals surface area contributed by atoms with Gasteiger partial charge in [0.2, 0.25) is 0 Å². The number of amides is 1. The minimum absolute atomic E-state index is 0.163. The van der Waals surface area contributed by atoms with Crippen LogP contribution in [0.3, 0.4) is 0 Å². The Morgan fingerprint density at radius 2 is 2.00 bits per heavy atom. The zero-order chi connectivity index (χ0) is 17.2. The molecule has 1 aromatic carbocycles. The van der Waals surface area contributed by atoms with Gasteiger partial charge in [0.1, 0.15) is 5.75 Å². The van der Waals surface area contributed by atoms with E-state index < -0.39 is 5.97 Å². The first-order valence-corrected chi connectivity index (χ1v) is 8.79. The molecule has 0 atom stereocenters. The summed E-state index contributed by atoms with van der Waals surface area (Å²) in [5.41, 5.74) is 1.89. The summed E-state index contributed by atoms with van der Waals surface area (Å²) in [7, 11) is 0. The average molecular weight is 353 g/mol. The van der Waals surface area contributed by atoms with Gasteiger partial charge in [-0.05, 0) is 54.6 Å². The molecule has 0 spiro atoms. The average Bonchev–Trinajstić information content (AvgIpc) is 3.13. The molecule has 1 fully saturated rings. The molecule has 1 amide bonds. The number of hydrogen-bond acceptors (Lipinski definition) is 5. The molecule has 0 bridgehead atoms. The van der Waals surface area contributed by atoms with Crippen molar-refractivity contribution < 1.29 is 14.3 Å². The van der Waals surface area contributed by atoms with Crippen LogP contribution >= 0.6 is 11.3 Å². The van der Waals surface area contributed by atoms with Crippen LogP contribution in [0.1, 0.15) is 44.6 Å². The lowest BCUT2D eigenvalue weighted by Gasteiger charge is -2.06. The molecule has 2 aromatic heterocycles. The Morgan fingerprint density at radius 3 is 2.68 bits per heavy atom. The molecule has 6 nitrogen and oxygen atoms in total. The number of esters is 1. The highest BCUT2D eigenvalue weighted by Crippen LogP contribution is 2.39. The molecule has 4 rings (SSSR count). The van der Waals surface area contributed by atoms with Crippen molar-refractivity contribution in [3.05, 3.63) is 64.1 Å². The lowest BCUT2D eigenvalue weighted by molar-refractivity contribution is 0.0728. The number of carbonyl (C=O) groups excluding carboxylic acids is 2. The standard InChI is InChI=1S/C18H15N3O3S/c22-17(16-2-1-9-25-16)19-12-5-7-13(8-6-12)24-18(23)15-10-14(20-21-15)11-3-4-11/h1-2,5-11H,3-4H2,(H,19,22)(H,20,21). The first-order valence-electron chi connectivity index (χ1n) is 7.91. The van der Waals surface area contributed by atoms with Crippen molar-refractivity contribution in [2.75, 3.05) is 5.32 Å². The van der Waals surface area contributed by atoms with E-state index in [0.717, 1.165) is 18.5 Å². The maximum atomic E-state index is 12.1. The predicted molar refractivity (Wildman–Crippen MR) is 94.2 cm³/mol. The molecule has 2 N–H and O–H groups in total. The van der Waals surface area contributed by atoms with Gasteiger partial charge in [-0.25, -0.2) is 4.79 Å². The second-order valence-electron chi connectivity index (χ2n) is 5.83. The number of H-pyrrole nitrogens is 1. The highest BCUT2D eigenvalue weighted by molar-refractivity contribution is 7.12.